The summed E-state index contributed by atoms with van der Waals surface area (Å²) in [6.07, 6.45) is 1.18. The van der Waals surface area contributed by atoms with Crippen molar-refractivity contribution in [1.29, 1.82) is 0 Å². The highest BCUT2D eigenvalue weighted by Crippen LogP contribution is 2.30. The van der Waals surface area contributed by atoms with Gasteiger partial charge in [0.25, 0.3) is 0 Å². The molecule has 2 rings (SSSR count). The summed E-state index contributed by atoms with van der Waals surface area (Å²) >= 11 is 1.15. The SMILES string of the molecule is COC1=CC(=O)c2sc(COC(C)=O)cc2C1=O. The van der Waals surface area contributed by atoms with Gasteiger partial charge in [-0.05, 0) is 6.07 Å². The van der Waals surface area contributed by atoms with E-state index in [2.05, 4.69) is 0 Å². The van der Waals surface area contributed by atoms with E-state index in [-0.39, 0.29) is 23.9 Å². The summed E-state index contributed by atoms with van der Waals surface area (Å²) < 4.78 is 9.68. The van der Waals surface area contributed by atoms with Crippen molar-refractivity contribution in [3.63, 3.8) is 0 Å². The summed E-state index contributed by atoms with van der Waals surface area (Å²) in [6, 6.07) is 1.56. The molecule has 0 aliphatic heterocycles. The Bertz CT molecular complexity index is 567. The molecule has 18 heavy (non-hydrogen) atoms. The molecule has 0 saturated carbocycles. The molecule has 0 spiro atoms. The maximum absolute atomic E-state index is 11.9. The third-order valence-electron chi connectivity index (χ3n) is 2.38. The Kier molecular flexibility index (Phi) is 3.29. The lowest BCUT2D eigenvalue weighted by molar-refractivity contribution is -0.142. The maximum atomic E-state index is 11.9. The predicted octanol–water partition coefficient (Wildman–Crippen LogP) is 1.72. The molecule has 5 nitrogen and oxygen atoms in total. The monoisotopic (exact) mass is 266 g/mol. The van der Waals surface area contributed by atoms with Gasteiger partial charge in [0.15, 0.2) is 11.5 Å². The van der Waals surface area contributed by atoms with Crippen molar-refractivity contribution in [3.05, 3.63) is 33.2 Å². The van der Waals surface area contributed by atoms with Crippen molar-refractivity contribution in [3.8, 4) is 0 Å². The Morgan fingerprint density at radius 1 is 1.39 bits per heavy atom. The smallest absolute Gasteiger partial charge is 0.302 e. The van der Waals surface area contributed by atoms with Crippen molar-refractivity contribution in [2.75, 3.05) is 7.11 Å². The van der Waals surface area contributed by atoms with Gasteiger partial charge in [0, 0.05) is 23.4 Å². The molecule has 1 aliphatic rings. The Hall–Kier alpha value is -1.95. The van der Waals surface area contributed by atoms with Crippen LogP contribution in [-0.4, -0.2) is 24.6 Å². The number of esters is 1. The van der Waals surface area contributed by atoms with Crippen LogP contribution in [0.2, 0.25) is 0 Å². The fourth-order valence-corrected chi connectivity index (χ4v) is 2.55. The summed E-state index contributed by atoms with van der Waals surface area (Å²) in [6.45, 7) is 1.37. The van der Waals surface area contributed by atoms with Crippen LogP contribution in [0.25, 0.3) is 0 Å². The van der Waals surface area contributed by atoms with Gasteiger partial charge in [-0.25, -0.2) is 0 Å². The van der Waals surface area contributed by atoms with Gasteiger partial charge in [-0.3, -0.25) is 14.4 Å². The first kappa shape index (κ1) is 12.5. The topological polar surface area (TPSA) is 69.7 Å². The Balaban J connectivity index is 2.30. The Morgan fingerprint density at radius 3 is 2.72 bits per heavy atom. The molecule has 1 heterocycles. The van der Waals surface area contributed by atoms with Crippen LogP contribution in [0.1, 0.15) is 31.8 Å². The van der Waals surface area contributed by atoms with E-state index in [4.69, 9.17) is 9.47 Å². The summed E-state index contributed by atoms with van der Waals surface area (Å²) in [4.78, 5) is 35.4. The van der Waals surface area contributed by atoms with E-state index in [9.17, 15) is 14.4 Å². The number of carbonyl (C=O) groups excluding carboxylic acids is 3. The fraction of sp³-hybridized carbons (Fsp3) is 0.250. The van der Waals surface area contributed by atoms with Gasteiger partial charge in [0.2, 0.25) is 5.78 Å². The summed E-state index contributed by atoms with van der Waals surface area (Å²) in [5, 5.41) is 0. The van der Waals surface area contributed by atoms with Gasteiger partial charge in [0.1, 0.15) is 6.61 Å². The minimum atomic E-state index is -0.408. The maximum Gasteiger partial charge on any atom is 0.302 e. The second-order valence-electron chi connectivity index (χ2n) is 3.64. The Labute approximate surface area is 107 Å². The molecule has 0 unspecified atom stereocenters. The summed E-state index contributed by atoms with van der Waals surface area (Å²) in [7, 11) is 1.34. The van der Waals surface area contributed by atoms with Crippen LogP contribution in [-0.2, 0) is 20.9 Å². The third-order valence-corrected chi connectivity index (χ3v) is 3.50. The average molecular weight is 266 g/mol. The normalized spacial score (nSPS) is 14.0. The van der Waals surface area contributed by atoms with Crippen LogP contribution in [0.5, 0.6) is 0 Å². The molecule has 0 amide bonds. The number of allylic oxidation sites excluding steroid dienone is 2. The molecule has 0 bridgehead atoms. The second-order valence-corrected chi connectivity index (χ2v) is 4.78. The van der Waals surface area contributed by atoms with Crippen molar-refractivity contribution >= 4 is 28.9 Å². The molecule has 1 aliphatic carbocycles. The van der Waals surface area contributed by atoms with Crippen LogP contribution in [0.3, 0.4) is 0 Å². The molecule has 94 valence electrons. The van der Waals surface area contributed by atoms with Crippen LogP contribution in [0, 0.1) is 0 Å². The zero-order valence-electron chi connectivity index (χ0n) is 9.81. The van der Waals surface area contributed by atoms with Crippen LogP contribution in [0.4, 0.5) is 0 Å². The van der Waals surface area contributed by atoms with E-state index in [0.29, 0.717) is 15.3 Å². The molecule has 0 saturated heterocycles. The van der Waals surface area contributed by atoms with Crippen molar-refractivity contribution < 1.29 is 23.9 Å². The van der Waals surface area contributed by atoms with Gasteiger partial charge >= 0.3 is 5.97 Å². The molecule has 0 radical (unpaired) electrons. The number of rotatable bonds is 3. The standard InChI is InChI=1S/C12H10O5S/c1-6(13)17-5-7-3-8-11(15)10(16-2)4-9(14)12(8)18-7/h3-4H,5H2,1-2H3. The van der Waals surface area contributed by atoms with E-state index in [0.717, 1.165) is 11.3 Å². The van der Waals surface area contributed by atoms with Crippen LogP contribution < -0.4 is 0 Å². The minimum Gasteiger partial charge on any atom is -0.492 e. The van der Waals surface area contributed by atoms with Crippen LogP contribution in [0.15, 0.2) is 17.9 Å². The number of carbonyl (C=O) groups is 3. The largest absolute Gasteiger partial charge is 0.492 e. The van der Waals surface area contributed by atoms with Gasteiger partial charge < -0.3 is 9.47 Å². The van der Waals surface area contributed by atoms with Crippen molar-refractivity contribution in [2.24, 2.45) is 0 Å². The number of ether oxygens (including phenoxy) is 2. The van der Waals surface area contributed by atoms with E-state index >= 15 is 0 Å². The average Bonchev–Trinajstić information content (AvgIpc) is 2.76. The predicted molar refractivity (Wildman–Crippen MR) is 63.5 cm³/mol. The number of hydrogen-bond acceptors (Lipinski definition) is 6. The molecule has 0 atom stereocenters. The summed E-state index contributed by atoms with van der Waals surface area (Å²) in [5.74, 6) is -0.961. The highest BCUT2D eigenvalue weighted by atomic mass is 32.1. The second kappa shape index (κ2) is 4.73. The number of ketones is 2. The quantitative estimate of drug-likeness (QED) is 0.779. The number of thiophene rings is 1. The molecular weight excluding hydrogens is 256 g/mol. The lowest BCUT2D eigenvalue weighted by Gasteiger charge is -2.09. The van der Waals surface area contributed by atoms with Crippen molar-refractivity contribution in [1.82, 2.24) is 0 Å². The summed E-state index contributed by atoms with van der Waals surface area (Å²) in [5.41, 5.74) is 0.312. The van der Waals surface area contributed by atoms with Gasteiger partial charge in [-0.1, -0.05) is 0 Å². The zero-order chi connectivity index (χ0) is 13.3. The van der Waals surface area contributed by atoms with Crippen LogP contribution >= 0.6 is 11.3 Å². The van der Waals surface area contributed by atoms with Gasteiger partial charge in [0.05, 0.1) is 12.0 Å². The Morgan fingerprint density at radius 2 is 2.11 bits per heavy atom. The molecule has 1 aromatic rings. The first-order chi connectivity index (χ1) is 8.52. The highest BCUT2D eigenvalue weighted by molar-refractivity contribution is 7.14. The molecule has 0 aromatic carbocycles. The van der Waals surface area contributed by atoms with Gasteiger partial charge in [-0.15, -0.1) is 11.3 Å². The molecule has 1 aromatic heterocycles. The van der Waals surface area contributed by atoms with E-state index < -0.39 is 5.97 Å². The molecular formula is C12H10O5S. The highest BCUT2D eigenvalue weighted by Gasteiger charge is 2.29. The first-order valence-electron chi connectivity index (χ1n) is 5.13. The first-order valence-corrected chi connectivity index (χ1v) is 5.95. The molecule has 0 fully saturated rings. The molecule has 6 heteroatoms. The van der Waals surface area contributed by atoms with E-state index in [1.165, 1.54) is 20.1 Å². The lowest BCUT2D eigenvalue weighted by atomic mass is 10.0. The van der Waals surface area contributed by atoms with Gasteiger partial charge in [-0.2, -0.15) is 0 Å². The number of fused-ring (bicyclic) bond motifs is 1. The lowest BCUT2D eigenvalue weighted by Crippen LogP contribution is -2.15. The minimum absolute atomic E-state index is 0.0318. The molecule has 0 N–H and O–H groups in total. The zero-order valence-corrected chi connectivity index (χ0v) is 10.6. The number of methoxy groups -OCH3 is 1. The van der Waals surface area contributed by atoms with E-state index in [1.54, 1.807) is 6.07 Å². The number of hydrogen-bond donors (Lipinski definition) is 0. The van der Waals surface area contributed by atoms with E-state index in [1.807, 2.05) is 0 Å². The third kappa shape index (κ3) is 2.19. The fourth-order valence-electron chi connectivity index (χ4n) is 1.57. The van der Waals surface area contributed by atoms with Crippen molar-refractivity contribution in [2.45, 2.75) is 13.5 Å². The number of Topliss-reactive ketones (excluding diaryl/α,β-unsaturated/α-hetero) is 1.